The van der Waals surface area contributed by atoms with Gasteiger partial charge < -0.3 is 4.90 Å². The number of hydrogen-bond acceptors (Lipinski definition) is 2. The summed E-state index contributed by atoms with van der Waals surface area (Å²) in [5.41, 5.74) is 1.85. The minimum absolute atomic E-state index is 0.0167. The summed E-state index contributed by atoms with van der Waals surface area (Å²) < 4.78 is 13.0. The van der Waals surface area contributed by atoms with E-state index in [4.69, 9.17) is 0 Å². The van der Waals surface area contributed by atoms with E-state index in [2.05, 4.69) is 36.1 Å². The fraction of sp³-hybridized carbons (Fsp3) is 0.316. The van der Waals surface area contributed by atoms with Crippen LogP contribution in [0.15, 0.2) is 54.6 Å². The van der Waals surface area contributed by atoms with Crippen molar-refractivity contribution in [1.82, 2.24) is 9.80 Å². The Bertz CT molecular complexity index is 649. The molecule has 4 heteroatoms. The molecule has 1 atom stereocenters. The van der Waals surface area contributed by atoms with Gasteiger partial charge in [0.2, 0.25) is 0 Å². The maximum atomic E-state index is 13.0. The number of amides is 1. The van der Waals surface area contributed by atoms with Gasteiger partial charge in [-0.15, -0.1) is 0 Å². The Morgan fingerprint density at radius 2 is 1.57 bits per heavy atom. The molecule has 3 rings (SSSR count). The molecule has 0 radical (unpaired) electrons. The number of hydrogen-bond donors (Lipinski definition) is 0. The van der Waals surface area contributed by atoms with E-state index in [0.717, 1.165) is 13.1 Å². The summed E-state index contributed by atoms with van der Waals surface area (Å²) in [6, 6.07) is 16.5. The smallest absolute Gasteiger partial charge is 0.253 e. The van der Waals surface area contributed by atoms with Crippen LogP contribution in [0.4, 0.5) is 4.39 Å². The Labute approximate surface area is 136 Å². The molecule has 2 aromatic carbocycles. The Morgan fingerprint density at radius 3 is 2.17 bits per heavy atom. The fourth-order valence-electron chi connectivity index (χ4n) is 3.03. The number of piperazine rings is 1. The summed E-state index contributed by atoms with van der Waals surface area (Å²) in [5.74, 6) is -0.333. The second kappa shape index (κ2) is 6.92. The van der Waals surface area contributed by atoms with Crippen LogP contribution in [-0.2, 0) is 0 Å². The summed E-state index contributed by atoms with van der Waals surface area (Å²) in [4.78, 5) is 16.7. The van der Waals surface area contributed by atoms with E-state index in [0.29, 0.717) is 24.7 Å². The van der Waals surface area contributed by atoms with Gasteiger partial charge in [-0.1, -0.05) is 30.3 Å². The third-order valence-corrected chi connectivity index (χ3v) is 4.52. The minimum Gasteiger partial charge on any atom is -0.336 e. The first-order chi connectivity index (χ1) is 11.1. The van der Waals surface area contributed by atoms with E-state index in [-0.39, 0.29) is 11.7 Å². The van der Waals surface area contributed by atoms with Gasteiger partial charge in [0, 0.05) is 37.8 Å². The van der Waals surface area contributed by atoms with Gasteiger partial charge in [0.15, 0.2) is 0 Å². The molecule has 3 nitrogen and oxygen atoms in total. The molecule has 0 saturated carbocycles. The summed E-state index contributed by atoms with van der Waals surface area (Å²) >= 11 is 0. The predicted octanol–water partition coefficient (Wildman–Crippen LogP) is 3.34. The van der Waals surface area contributed by atoms with Crippen LogP contribution in [-0.4, -0.2) is 41.9 Å². The van der Waals surface area contributed by atoms with Crippen molar-refractivity contribution in [2.75, 3.05) is 26.2 Å². The summed E-state index contributed by atoms with van der Waals surface area (Å²) in [6.45, 7) is 5.31. The number of carbonyl (C=O) groups excluding carboxylic acids is 1. The number of halogens is 1. The van der Waals surface area contributed by atoms with Gasteiger partial charge in [0.05, 0.1) is 0 Å². The Hall–Kier alpha value is -2.20. The lowest BCUT2D eigenvalue weighted by molar-refractivity contribution is 0.0582. The van der Waals surface area contributed by atoms with Crippen molar-refractivity contribution in [3.8, 4) is 0 Å². The molecule has 120 valence electrons. The first-order valence-electron chi connectivity index (χ1n) is 7.99. The molecule has 1 amide bonds. The van der Waals surface area contributed by atoms with Crippen LogP contribution in [0.2, 0.25) is 0 Å². The second-order valence-corrected chi connectivity index (χ2v) is 5.92. The van der Waals surface area contributed by atoms with Crippen molar-refractivity contribution < 1.29 is 9.18 Å². The summed E-state index contributed by atoms with van der Waals surface area (Å²) in [7, 11) is 0. The first-order valence-corrected chi connectivity index (χ1v) is 7.99. The first kappa shape index (κ1) is 15.7. The van der Waals surface area contributed by atoms with E-state index >= 15 is 0 Å². The molecule has 2 aromatic rings. The minimum atomic E-state index is -0.317. The van der Waals surface area contributed by atoms with Crippen molar-refractivity contribution in [3.05, 3.63) is 71.5 Å². The molecular formula is C19H21FN2O. The Kier molecular flexibility index (Phi) is 4.72. The molecular weight excluding hydrogens is 291 g/mol. The van der Waals surface area contributed by atoms with Gasteiger partial charge in [0.1, 0.15) is 5.82 Å². The van der Waals surface area contributed by atoms with E-state index in [1.807, 2.05) is 11.0 Å². The molecule has 0 N–H and O–H groups in total. The molecule has 1 aliphatic heterocycles. The molecule has 0 aromatic heterocycles. The largest absolute Gasteiger partial charge is 0.336 e. The van der Waals surface area contributed by atoms with Crippen LogP contribution >= 0.6 is 0 Å². The highest BCUT2D eigenvalue weighted by atomic mass is 19.1. The maximum absolute atomic E-state index is 13.0. The van der Waals surface area contributed by atoms with E-state index in [1.165, 1.54) is 17.7 Å². The van der Waals surface area contributed by atoms with E-state index in [1.54, 1.807) is 12.1 Å². The standard InChI is InChI=1S/C19H21FN2O/c1-15(16-5-3-2-4-6-16)21-11-13-22(14-12-21)19(23)17-7-9-18(20)10-8-17/h2-10,15H,11-14H2,1H3. The van der Waals surface area contributed by atoms with Crippen LogP contribution in [0.5, 0.6) is 0 Å². The zero-order valence-corrected chi connectivity index (χ0v) is 13.3. The molecule has 1 heterocycles. The van der Waals surface area contributed by atoms with Gasteiger partial charge in [-0.3, -0.25) is 9.69 Å². The van der Waals surface area contributed by atoms with Crippen LogP contribution in [0, 0.1) is 5.82 Å². The van der Waals surface area contributed by atoms with Crippen molar-refractivity contribution in [3.63, 3.8) is 0 Å². The quantitative estimate of drug-likeness (QED) is 0.868. The Morgan fingerprint density at radius 1 is 0.957 bits per heavy atom. The zero-order valence-electron chi connectivity index (χ0n) is 13.3. The SMILES string of the molecule is CC(c1ccccc1)N1CCN(C(=O)c2ccc(F)cc2)CC1. The predicted molar refractivity (Wildman–Crippen MR) is 88.7 cm³/mol. The van der Waals surface area contributed by atoms with Crippen LogP contribution in [0.1, 0.15) is 28.9 Å². The molecule has 1 fully saturated rings. The third-order valence-electron chi connectivity index (χ3n) is 4.52. The zero-order chi connectivity index (χ0) is 16.2. The maximum Gasteiger partial charge on any atom is 0.253 e. The van der Waals surface area contributed by atoms with Gasteiger partial charge in [-0.25, -0.2) is 4.39 Å². The Balaban J connectivity index is 1.60. The molecule has 0 bridgehead atoms. The van der Waals surface area contributed by atoms with Crippen molar-refractivity contribution in [2.45, 2.75) is 13.0 Å². The lowest BCUT2D eigenvalue weighted by Gasteiger charge is -2.38. The van der Waals surface area contributed by atoms with Crippen molar-refractivity contribution in [2.24, 2.45) is 0 Å². The average molecular weight is 312 g/mol. The molecule has 1 saturated heterocycles. The molecule has 1 unspecified atom stereocenters. The highest BCUT2D eigenvalue weighted by Crippen LogP contribution is 2.21. The highest BCUT2D eigenvalue weighted by Gasteiger charge is 2.25. The van der Waals surface area contributed by atoms with E-state index < -0.39 is 0 Å². The molecule has 1 aliphatic rings. The van der Waals surface area contributed by atoms with Crippen LogP contribution < -0.4 is 0 Å². The number of carbonyl (C=O) groups is 1. The van der Waals surface area contributed by atoms with Gasteiger partial charge in [-0.05, 0) is 36.8 Å². The van der Waals surface area contributed by atoms with E-state index in [9.17, 15) is 9.18 Å². The lowest BCUT2D eigenvalue weighted by Crippen LogP contribution is -2.49. The molecule has 0 spiro atoms. The van der Waals surface area contributed by atoms with Crippen molar-refractivity contribution in [1.29, 1.82) is 0 Å². The highest BCUT2D eigenvalue weighted by molar-refractivity contribution is 5.94. The topological polar surface area (TPSA) is 23.6 Å². The number of rotatable bonds is 3. The van der Waals surface area contributed by atoms with Gasteiger partial charge in [0.25, 0.3) is 5.91 Å². The van der Waals surface area contributed by atoms with Gasteiger partial charge >= 0.3 is 0 Å². The average Bonchev–Trinajstić information content (AvgIpc) is 2.62. The third kappa shape index (κ3) is 3.59. The number of benzene rings is 2. The monoisotopic (exact) mass is 312 g/mol. The fourth-order valence-corrected chi connectivity index (χ4v) is 3.03. The van der Waals surface area contributed by atoms with Crippen LogP contribution in [0.25, 0.3) is 0 Å². The number of nitrogens with zero attached hydrogens (tertiary/aromatic N) is 2. The molecule has 23 heavy (non-hydrogen) atoms. The van der Waals surface area contributed by atoms with Crippen molar-refractivity contribution >= 4 is 5.91 Å². The normalized spacial score (nSPS) is 17.0. The summed E-state index contributed by atoms with van der Waals surface area (Å²) in [5, 5.41) is 0. The summed E-state index contributed by atoms with van der Waals surface area (Å²) in [6.07, 6.45) is 0. The van der Waals surface area contributed by atoms with Crippen LogP contribution in [0.3, 0.4) is 0 Å². The molecule has 0 aliphatic carbocycles. The van der Waals surface area contributed by atoms with Gasteiger partial charge in [-0.2, -0.15) is 0 Å². The lowest BCUT2D eigenvalue weighted by atomic mass is 10.1. The second-order valence-electron chi connectivity index (χ2n) is 5.92.